The van der Waals surface area contributed by atoms with Crippen LogP contribution in [0.4, 0.5) is 5.82 Å². The van der Waals surface area contributed by atoms with Crippen LogP contribution in [0.1, 0.15) is 49.5 Å². The Morgan fingerprint density at radius 3 is 2.72 bits per heavy atom. The van der Waals surface area contributed by atoms with Gasteiger partial charge in [0.25, 0.3) is 0 Å². The van der Waals surface area contributed by atoms with Crippen LogP contribution in [0.3, 0.4) is 0 Å². The largest absolute Gasteiger partial charge is 0.370 e. The standard InChI is InChI=1S/C23H24N4OS/c1-13(15-8-6-5-7-9-15)24-21-20-19(25-14(2)26-21)17-10-16-12-28-23(3,4)11-18(16)27-22(17)29-20/h5-10,13H,11-12H2,1-4H3,(H,24,25,26). The van der Waals surface area contributed by atoms with E-state index in [0.717, 1.165) is 44.2 Å². The van der Waals surface area contributed by atoms with Gasteiger partial charge in [-0.15, -0.1) is 11.3 Å². The van der Waals surface area contributed by atoms with Crippen molar-refractivity contribution in [3.05, 3.63) is 59.0 Å². The summed E-state index contributed by atoms with van der Waals surface area (Å²) in [6.07, 6.45) is 0.827. The predicted octanol–water partition coefficient (Wildman–Crippen LogP) is 5.57. The SMILES string of the molecule is Cc1nc(NC(C)c2ccccc2)c2sc3nc4c(cc3c2n1)COC(C)(C)C4. The number of hydrogen-bond donors (Lipinski definition) is 1. The van der Waals surface area contributed by atoms with Crippen molar-refractivity contribution in [3.63, 3.8) is 0 Å². The third kappa shape index (κ3) is 3.36. The summed E-state index contributed by atoms with van der Waals surface area (Å²) in [6, 6.07) is 12.8. The highest BCUT2D eigenvalue weighted by atomic mass is 32.1. The normalized spacial score (nSPS) is 16.7. The molecule has 4 aromatic rings. The molecule has 1 atom stereocenters. The first-order valence-electron chi connectivity index (χ1n) is 9.95. The minimum Gasteiger partial charge on any atom is -0.370 e. The zero-order valence-electron chi connectivity index (χ0n) is 17.1. The van der Waals surface area contributed by atoms with Gasteiger partial charge >= 0.3 is 0 Å². The number of aromatic nitrogens is 3. The Labute approximate surface area is 174 Å². The molecule has 5 rings (SSSR count). The molecule has 29 heavy (non-hydrogen) atoms. The van der Waals surface area contributed by atoms with Gasteiger partial charge < -0.3 is 10.1 Å². The number of benzene rings is 1. The first-order valence-corrected chi connectivity index (χ1v) is 10.8. The minimum absolute atomic E-state index is 0.147. The molecule has 0 saturated heterocycles. The monoisotopic (exact) mass is 404 g/mol. The Kier molecular flexibility index (Phi) is 4.29. The van der Waals surface area contributed by atoms with E-state index in [0.29, 0.717) is 6.61 Å². The molecule has 5 nitrogen and oxygen atoms in total. The van der Waals surface area contributed by atoms with Gasteiger partial charge in [0.15, 0.2) is 0 Å². The molecular formula is C23H24N4OS. The second-order valence-corrected chi connectivity index (χ2v) is 9.35. The summed E-state index contributed by atoms with van der Waals surface area (Å²) < 4.78 is 7.06. The molecule has 3 aromatic heterocycles. The number of pyridine rings is 1. The van der Waals surface area contributed by atoms with Crippen molar-refractivity contribution in [2.24, 2.45) is 0 Å². The summed E-state index contributed by atoms with van der Waals surface area (Å²) in [6.45, 7) is 8.94. The topological polar surface area (TPSA) is 59.9 Å². The quantitative estimate of drug-likeness (QED) is 0.483. The van der Waals surface area contributed by atoms with E-state index in [9.17, 15) is 0 Å². The second-order valence-electron chi connectivity index (χ2n) is 8.35. The Balaban J connectivity index is 1.62. The highest BCUT2D eigenvalue weighted by Gasteiger charge is 2.28. The number of aryl methyl sites for hydroxylation is 1. The first kappa shape index (κ1) is 18.5. The molecule has 0 amide bonds. The first-order chi connectivity index (χ1) is 13.9. The van der Waals surface area contributed by atoms with E-state index in [4.69, 9.17) is 19.7 Å². The summed E-state index contributed by atoms with van der Waals surface area (Å²) >= 11 is 1.67. The van der Waals surface area contributed by atoms with E-state index in [2.05, 4.69) is 56.4 Å². The van der Waals surface area contributed by atoms with Gasteiger partial charge in [-0.05, 0) is 39.3 Å². The lowest BCUT2D eigenvalue weighted by molar-refractivity contribution is -0.0411. The van der Waals surface area contributed by atoms with E-state index in [1.54, 1.807) is 11.3 Å². The van der Waals surface area contributed by atoms with Crippen LogP contribution in [-0.2, 0) is 17.8 Å². The lowest BCUT2D eigenvalue weighted by Gasteiger charge is -2.30. The van der Waals surface area contributed by atoms with Gasteiger partial charge in [0.2, 0.25) is 0 Å². The fraction of sp³-hybridized carbons (Fsp3) is 0.348. The van der Waals surface area contributed by atoms with Gasteiger partial charge in [0, 0.05) is 23.4 Å². The summed E-state index contributed by atoms with van der Waals surface area (Å²) in [5, 5.41) is 4.68. The Hall–Kier alpha value is -2.57. The summed E-state index contributed by atoms with van der Waals surface area (Å²) in [5.41, 5.74) is 4.34. The zero-order chi connectivity index (χ0) is 20.2. The molecule has 0 bridgehead atoms. The third-order valence-electron chi connectivity index (χ3n) is 5.45. The molecule has 4 heterocycles. The highest BCUT2D eigenvalue weighted by Crippen LogP contribution is 2.39. The van der Waals surface area contributed by atoms with Crippen LogP contribution < -0.4 is 5.32 Å². The van der Waals surface area contributed by atoms with Gasteiger partial charge in [-0.3, -0.25) is 0 Å². The molecule has 0 radical (unpaired) electrons. The molecular weight excluding hydrogens is 380 g/mol. The van der Waals surface area contributed by atoms with E-state index in [1.807, 2.05) is 13.0 Å². The maximum absolute atomic E-state index is 6.00. The summed E-state index contributed by atoms with van der Waals surface area (Å²) in [7, 11) is 0. The third-order valence-corrected chi connectivity index (χ3v) is 6.55. The maximum Gasteiger partial charge on any atom is 0.148 e. The lowest BCUT2D eigenvalue weighted by atomic mass is 9.95. The van der Waals surface area contributed by atoms with Crippen molar-refractivity contribution in [1.82, 2.24) is 15.0 Å². The number of nitrogens with one attached hydrogen (secondary N) is 1. The average molecular weight is 405 g/mol. The van der Waals surface area contributed by atoms with E-state index >= 15 is 0 Å². The van der Waals surface area contributed by atoms with Crippen molar-refractivity contribution >= 4 is 37.6 Å². The molecule has 1 unspecified atom stereocenters. The number of thiophene rings is 1. The maximum atomic E-state index is 6.00. The van der Waals surface area contributed by atoms with Crippen molar-refractivity contribution in [2.75, 3.05) is 5.32 Å². The lowest BCUT2D eigenvalue weighted by Crippen LogP contribution is -2.32. The molecule has 0 fully saturated rings. The fourth-order valence-corrected chi connectivity index (χ4v) is 4.96. The Morgan fingerprint density at radius 1 is 1.14 bits per heavy atom. The van der Waals surface area contributed by atoms with Gasteiger partial charge in [0.1, 0.15) is 16.5 Å². The molecule has 1 N–H and O–H groups in total. The van der Waals surface area contributed by atoms with Gasteiger partial charge in [-0.1, -0.05) is 30.3 Å². The second kappa shape index (κ2) is 6.75. The number of anilines is 1. The number of rotatable bonds is 3. The zero-order valence-corrected chi connectivity index (χ0v) is 17.9. The molecule has 1 aromatic carbocycles. The van der Waals surface area contributed by atoms with Gasteiger partial charge in [-0.2, -0.15) is 0 Å². The van der Waals surface area contributed by atoms with E-state index < -0.39 is 0 Å². The van der Waals surface area contributed by atoms with Gasteiger partial charge in [0.05, 0.1) is 28.1 Å². The molecule has 1 aliphatic heterocycles. The number of nitrogens with zero attached hydrogens (tertiary/aromatic N) is 3. The van der Waals surface area contributed by atoms with Gasteiger partial charge in [-0.25, -0.2) is 15.0 Å². The number of hydrogen-bond acceptors (Lipinski definition) is 6. The van der Waals surface area contributed by atoms with Crippen LogP contribution in [0.2, 0.25) is 0 Å². The van der Waals surface area contributed by atoms with E-state index in [-0.39, 0.29) is 11.6 Å². The Morgan fingerprint density at radius 2 is 1.93 bits per heavy atom. The predicted molar refractivity (Wildman–Crippen MR) is 119 cm³/mol. The van der Waals surface area contributed by atoms with Crippen LogP contribution in [0, 0.1) is 6.92 Å². The van der Waals surface area contributed by atoms with Crippen LogP contribution >= 0.6 is 11.3 Å². The summed E-state index contributed by atoms with van der Waals surface area (Å²) in [4.78, 5) is 15.5. The fourth-order valence-electron chi connectivity index (χ4n) is 3.89. The minimum atomic E-state index is -0.168. The molecule has 6 heteroatoms. The molecule has 148 valence electrons. The highest BCUT2D eigenvalue weighted by molar-refractivity contribution is 7.25. The molecule has 0 spiro atoms. The molecule has 0 aliphatic carbocycles. The number of ether oxygens (including phenoxy) is 1. The molecule has 1 aliphatic rings. The van der Waals surface area contributed by atoms with Crippen LogP contribution in [0.25, 0.3) is 20.4 Å². The van der Waals surface area contributed by atoms with Crippen molar-refractivity contribution < 1.29 is 4.74 Å². The van der Waals surface area contributed by atoms with Crippen LogP contribution in [0.5, 0.6) is 0 Å². The van der Waals surface area contributed by atoms with Crippen molar-refractivity contribution in [2.45, 2.75) is 52.4 Å². The van der Waals surface area contributed by atoms with Crippen LogP contribution in [0.15, 0.2) is 36.4 Å². The molecule has 0 saturated carbocycles. The van der Waals surface area contributed by atoms with Crippen molar-refractivity contribution in [3.8, 4) is 0 Å². The van der Waals surface area contributed by atoms with Crippen molar-refractivity contribution in [1.29, 1.82) is 0 Å². The van der Waals surface area contributed by atoms with E-state index in [1.165, 1.54) is 11.1 Å². The summed E-state index contributed by atoms with van der Waals surface area (Å²) in [5.74, 6) is 1.64. The van der Waals surface area contributed by atoms with Crippen LogP contribution in [-0.4, -0.2) is 20.6 Å². The number of fused-ring (bicyclic) bond motifs is 4. The average Bonchev–Trinajstić information content (AvgIpc) is 3.04. The Bertz CT molecular complexity index is 1220. The smallest absolute Gasteiger partial charge is 0.148 e.